The van der Waals surface area contributed by atoms with Gasteiger partial charge in [-0.25, -0.2) is 4.99 Å². The number of nitrogens with one attached hydrogen (secondary N) is 2. The largest absolute Gasteiger partial charge is 0.507 e. The van der Waals surface area contributed by atoms with Crippen molar-refractivity contribution < 1.29 is 9.90 Å². The monoisotopic (exact) mass is 360 g/mol. The summed E-state index contributed by atoms with van der Waals surface area (Å²) in [5, 5.41) is 16.6. The second-order valence-corrected chi connectivity index (χ2v) is 7.34. The summed E-state index contributed by atoms with van der Waals surface area (Å²) < 4.78 is 0. The van der Waals surface area contributed by atoms with Crippen LogP contribution in [0.4, 0.5) is 0 Å². The zero-order valence-electron chi connectivity index (χ0n) is 16.6. The predicted octanol–water partition coefficient (Wildman–Crippen LogP) is 2.32. The highest BCUT2D eigenvalue weighted by Crippen LogP contribution is 2.23. The molecule has 1 heterocycles. The Balaban J connectivity index is 2.00. The first-order valence-corrected chi connectivity index (χ1v) is 9.44. The lowest BCUT2D eigenvalue weighted by Crippen LogP contribution is -2.45. The summed E-state index contributed by atoms with van der Waals surface area (Å²) in [6.45, 7) is 12.6. The number of hydrogen-bond acceptors (Lipinski definition) is 3. The Bertz CT molecular complexity index is 647. The Morgan fingerprint density at radius 3 is 2.58 bits per heavy atom. The molecule has 0 spiro atoms. The quantitative estimate of drug-likeness (QED) is 0.556. The van der Waals surface area contributed by atoms with Gasteiger partial charge >= 0.3 is 0 Å². The molecule has 0 aromatic heterocycles. The minimum atomic E-state index is 0.0385. The van der Waals surface area contributed by atoms with Crippen molar-refractivity contribution in [2.75, 3.05) is 19.6 Å². The average Bonchev–Trinajstić information content (AvgIpc) is 3.05. The molecule has 1 aliphatic heterocycles. The van der Waals surface area contributed by atoms with Crippen LogP contribution < -0.4 is 10.6 Å². The van der Waals surface area contributed by atoms with E-state index in [0.717, 1.165) is 48.7 Å². The fourth-order valence-electron chi connectivity index (χ4n) is 3.26. The van der Waals surface area contributed by atoms with Crippen molar-refractivity contribution >= 4 is 11.9 Å². The van der Waals surface area contributed by atoms with Crippen molar-refractivity contribution in [2.45, 2.75) is 53.6 Å². The van der Waals surface area contributed by atoms with Gasteiger partial charge in [0.1, 0.15) is 5.75 Å². The van der Waals surface area contributed by atoms with Crippen LogP contribution in [-0.2, 0) is 11.3 Å². The predicted molar refractivity (Wildman–Crippen MR) is 105 cm³/mol. The molecule has 1 atom stereocenters. The van der Waals surface area contributed by atoms with Crippen molar-refractivity contribution in [3.8, 4) is 5.75 Å². The van der Waals surface area contributed by atoms with E-state index >= 15 is 0 Å². The van der Waals surface area contributed by atoms with Crippen LogP contribution in [0.25, 0.3) is 0 Å². The molecular formula is C20H32N4O2. The van der Waals surface area contributed by atoms with Crippen molar-refractivity contribution in [1.29, 1.82) is 0 Å². The SMILES string of the molecule is CCNC(=NCc1cc(C)c(O)c(C)c1)NC1CCN(C(=O)C(C)C)C1. The number of rotatable bonds is 5. The van der Waals surface area contributed by atoms with Crippen molar-refractivity contribution in [2.24, 2.45) is 10.9 Å². The number of carbonyl (C=O) groups is 1. The molecule has 1 fully saturated rings. The van der Waals surface area contributed by atoms with Gasteiger partial charge in [0.05, 0.1) is 6.54 Å². The fourth-order valence-corrected chi connectivity index (χ4v) is 3.26. The molecule has 0 aliphatic carbocycles. The summed E-state index contributed by atoms with van der Waals surface area (Å²) in [6.07, 6.45) is 0.931. The maximum Gasteiger partial charge on any atom is 0.225 e. The van der Waals surface area contributed by atoms with E-state index in [1.54, 1.807) is 0 Å². The van der Waals surface area contributed by atoms with Crippen molar-refractivity contribution in [1.82, 2.24) is 15.5 Å². The Morgan fingerprint density at radius 2 is 2.00 bits per heavy atom. The van der Waals surface area contributed by atoms with Gasteiger partial charge in [-0.15, -0.1) is 0 Å². The molecule has 6 heteroatoms. The molecular weight excluding hydrogens is 328 g/mol. The van der Waals surface area contributed by atoms with Gasteiger partial charge < -0.3 is 20.6 Å². The van der Waals surface area contributed by atoms with Crippen LogP contribution in [0.1, 0.15) is 43.9 Å². The molecule has 3 N–H and O–H groups in total. The van der Waals surface area contributed by atoms with E-state index < -0.39 is 0 Å². The van der Waals surface area contributed by atoms with Crippen LogP contribution in [0.15, 0.2) is 17.1 Å². The molecule has 2 rings (SSSR count). The molecule has 1 unspecified atom stereocenters. The van der Waals surface area contributed by atoms with Gasteiger partial charge in [-0.1, -0.05) is 26.0 Å². The normalized spacial score (nSPS) is 17.7. The van der Waals surface area contributed by atoms with Crippen LogP contribution in [0, 0.1) is 19.8 Å². The molecule has 1 aromatic carbocycles. The van der Waals surface area contributed by atoms with Crippen LogP contribution in [0.5, 0.6) is 5.75 Å². The number of hydrogen-bond donors (Lipinski definition) is 3. The number of aromatic hydroxyl groups is 1. The second-order valence-electron chi connectivity index (χ2n) is 7.34. The van der Waals surface area contributed by atoms with Gasteiger partial charge in [0.15, 0.2) is 5.96 Å². The number of aryl methyl sites for hydroxylation is 2. The molecule has 26 heavy (non-hydrogen) atoms. The zero-order valence-corrected chi connectivity index (χ0v) is 16.6. The topological polar surface area (TPSA) is 77.0 Å². The van der Waals surface area contributed by atoms with Gasteiger partial charge in [-0.3, -0.25) is 4.79 Å². The number of phenols is 1. The molecule has 6 nitrogen and oxygen atoms in total. The third kappa shape index (κ3) is 5.13. The summed E-state index contributed by atoms with van der Waals surface area (Å²) in [7, 11) is 0. The molecule has 144 valence electrons. The molecule has 0 bridgehead atoms. The number of aliphatic imine (C=N–C) groups is 1. The van der Waals surface area contributed by atoms with E-state index in [1.807, 2.05) is 51.7 Å². The number of likely N-dealkylation sites (tertiary alicyclic amines) is 1. The van der Waals surface area contributed by atoms with Crippen LogP contribution >= 0.6 is 0 Å². The van der Waals surface area contributed by atoms with Gasteiger partial charge in [0.25, 0.3) is 0 Å². The van der Waals surface area contributed by atoms with Gasteiger partial charge in [0, 0.05) is 31.6 Å². The summed E-state index contributed by atoms with van der Waals surface area (Å²) in [5.74, 6) is 1.37. The van der Waals surface area contributed by atoms with Crippen LogP contribution in [-0.4, -0.2) is 47.5 Å². The van der Waals surface area contributed by atoms with E-state index in [2.05, 4.69) is 15.6 Å². The second kappa shape index (κ2) is 8.92. The minimum Gasteiger partial charge on any atom is -0.507 e. The fraction of sp³-hybridized carbons (Fsp3) is 0.600. The molecule has 0 radical (unpaired) electrons. The van der Waals surface area contributed by atoms with E-state index in [4.69, 9.17) is 0 Å². The van der Waals surface area contributed by atoms with Crippen molar-refractivity contribution in [3.63, 3.8) is 0 Å². The molecule has 1 amide bonds. The Kier molecular flexibility index (Phi) is 6.89. The lowest BCUT2D eigenvalue weighted by Gasteiger charge is -2.20. The number of phenolic OH excluding ortho intramolecular Hbond substituents is 1. The Morgan fingerprint density at radius 1 is 1.35 bits per heavy atom. The van der Waals surface area contributed by atoms with E-state index in [0.29, 0.717) is 12.3 Å². The highest BCUT2D eigenvalue weighted by molar-refractivity contribution is 5.81. The summed E-state index contributed by atoms with van der Waals surface area (Å²) >= 11 is 0. The molecule has 0 saturated carbocycles. The van der Waals surface area contributed by atoms with E-state index in [9.17, 15) is 9.90 Å². The lowest BCUT2D eigenvalue weighted by atomic mass is 10.1. The average molecular weight is 361 g/mol. The molecule has 1 aromatic rings. The maximum atomic E-state index is 12.1. The first-order chi connectivity index (χ1) is 12.3. The first-order valence-electron chi connectivity index (χ1n) is 9.44. The third-order valence-corrected chi connectivity index (χ3v) is 4.65. The molecule has 1 aliphatic rings. The van der Waals surface area contributed by atoms with Crippen LogP contribution in [0.3, 0.4) is 0 Å². The van der Waals surface area contributed by atoms with Crippen LogP contribution in [0.2, 0.25) is 0 Å². The first kappa shape index (κ1) is 20.1. The lowest BCUT2D eigenvalue weighted by molar-refractivity contribution is -0.133. The molecule has 1 saturated heterocycles. The number of amides is 1. The minimum absolute atomic E-state index is 0.0385. The van der Waals surface area contributed by atoms with Gasteiger partial charge in [-0.2, -0.15) is 0 Å². The smallest absolute Gasteiger partial charge is 0.225 e. The number of carbonyl (C=O) groups excluding carboxylic acids is 1. The zero-order chi connectivity index (χ0) is 19.3. The van der Waals surface area contributed by atoms with Gasteiger partial charge in [0.2, 0.25) is 5.91 Å². The Hall–Kier alpha value is -2.24. The summed E-state index contributed by atoms with van der Waals surface area (Å²) in [4.78, 5) is 18.7. The standard InChI is InChI=1S/C20H32N4O2/c1-6-21-20(22-11-16-9-14(4)18(25)15(5)10-16)23-17-7-8-24(12-17)19(26)13(2)3/h9-10,13,17,25H,6-8,11-12H2,1-5H3,(H2,21,22,23). The van der Waals surface area contributed by atoms with E-state index in [-0.39, 0.29) is 17.9 Å². The number of guanidine groups is 1. The van der Waals surface area contributed by atoms with E-state index in [1.165, 1.54) is 0 Å². The maximum absolute atomic E-state index is 12.1. The highest BCUT2D eigenvalue weighted by atomic mass is 16.3. The number of benzene rings is 1. The van der Waals surface area contributed by atoms with Crippen molar-refractivity contribution in [3.05, 3.63) is 28.8 Å². The number of nitrogens with zero attached hydrogens (tertiary/aromatic N) is 2. The summed E-state index contributed by atoms with van der Waals surface area (Å²) in [6, 6.07) is 4.15. The highest BCUT2D eigenvalue weighted by Gasteiger charge is 2.27. The summed E-state index contributed by atoms with van der Waals surface area (Å²) in [5.41, 5.74) is 2.80. The Labute approximate surface area is 156 Å². The van der Waals surface area contributed by atoms with Gasteiger partial charge in [-0.05, 0) is 43.9 Å². The third-order valence-electron chi connectivity index (χ3n) is 4.65.